The molecule has 2 heterocycles. The second-order valence-electron chi connectivity index (χ2n) is 6.71. The summed E-state index contributed by atoms with van der Waals surface area (Å²) in [6, 6.07) is 18.2. The SMILES string of the molecule is Fc1cc(Cl)c(F)cn1.N#Cc1cccc(-c2cc(F)ncc2F)c1.N#Cc1cccc(B(O)O)c1. The van der Waals surface area contributed by atoms with Gasteiger partial charge in [0.05, 0.1) is 40.7 Å². The van der Waals surface area contributed by atoms with Crippen molar-refractivity contribution in [3.63, 3.8) is 0 Å². The van der Waals surface area contributed by atoms with Gasteiger partial charge < -0.3 is 10.0 Å². The molecule has 0 unspecified atom stereocenters. The number of nitrogens with zero attached hydrogens (tertiary/aromatic N) is 4. The van der Waals surface area contributed by atoms with Crippen molar-refractivity contribution in [2.75, 3.05) is 0 Å². The highest BCUT2D eigenvalue weighted by Gasteiger charge is 2.10. The van der Waals surface area contributed by atoms with E-state index in [1.54, 1.807) is 36.4 Å². The molecule has 0 aliphatic heterocycles. The zero-order valence-corrected chi connectivity index (χ0v) is 18.8. The highest BCUT2D eigenvalue weighted by molar-refractivity contribution is 6.58. The van der Waals surface area contributed by atoms with E-state index >= 15 is 0 Å². The largest absolute Gasteiger partial charge is 0.488 e. The number of aromatic nitrogens is 2. The van der Waals surface area contributed by atoms with Gasteiger partial charge in [0.2, 0.25) is 11.9 Å². The van der Waals surface area contributed by atoms with E-state index in [9.17, 15) is 17.6 Å². The van der Waals surface area contributed by atoms with Gasteiger partial charge in [0.15, 0.2) is 5.82 Å². The highest BCUT2D eigenvalue weighted by Crippen LogP contribution is 2.23. The van der Waals surface area contributed by atoms with Crippen molar-refractivity contribution in [2.24, 2.45) is 0 Å². The molecule has 4 rings (SSSR count). The number of hydrogen-bond acceptors (Lipinski definition) is 6. The van der Waals surface area contributed by atoms with Crippen molar-refractivity contribution >= 4 is 24.2 Å². The fourth-order valence-corrected chi connectivity index (χ4v) is 2.69. The minimum absolute atomic E-state index is 0.101. The molecule has 0 spiro atoms. The lowest BCUT2D eigenvalue weighted by molar-refractivity contribution is 0.426. The summed E-state index contributed by atoms with van der Waals surface area (Å²) in [6.45, 7) is 0. The van der Waals surface area contributed by atoms with Gasteiger partial charge in [0, 0.05) is 17.7 Å². The number of rotatable bonds is 2. The lowest BCUT2D eigenvalue weighted by Crippen LogP contribution is -2.29. The molecule has 12 heteroatoms. The monoisotopic (exact) mass is 512 g/mol. The Hall–Kier alpha value is -4.29. The van der Waals surface area contributed by atoms with Crippen molar-refractivity contribution in [1.82, 2.24) is 9.97 Å². The van der Waals surface area contributed by atoms with E-state index in [1.807, 2.05) is 12.1 Å². The number of benzene rings is 2. The fraction of sp³-hybridized carbons (Fsp3) is 0. The van der Waals surface area contributed by atoms with E-state index in [1.165, 1.54) is 12.1 Å². The zero-order chi connectivity index (χ0) is 26.7. The first-order chi connectivity index (χ1) is 17.1. The number of nitriles is 2. The predicted octanol–water partition coefficient (Wildman–Crippen LogP) is 4.15. The van der Waals surface area contributed by atoms with E-state index in [-0.39, 0.29) is 10.6 Å². The Balaban J connectivity index is 0.000000200. The summed E-state index contributed by atoms with van der Waals surface area (Å²) in [5.74, 6) is -2.85. The van der Waals surface area contributed by atoms with E-state index in [4.69, 9.17) is 32.2 Å². The third kappa shape index (κ3) is 8.49. The van der Waals surface area contributed by atoms with Gasteiger partial charge in [0.25, 0.3) is 0 Å². The Bertz CT molecular complexity index is 1430. The van der Waals surface area contributed by atoms with Crippen LogP contribution >= 0.6 is 11.6 Å². The van der Waals surface area contributed by atoms with Crippen molar-refractivity contribution in [2.45, 2.75) is 0 Å². The van der Waals surface area contributed by atoms with Crippen molar-refractivity contribution in [3.8, 4) is 23.3 Å². The van der Waals surface area contributed by atoms with E-state index in [2.05, 4.69) is 9.97 Å². The molecule has 0 amide bonds. The van der Waals surface area contributed by atoms with Gasteiger partial charge >= 0.3 is 7.12 Å². The maximum absolute atomic E-state index is 13.4. The molecule has 2 aromatic heterocycles. The van der Waals surface area contributed by atoms with E-state index in [0.29, 0.717) is 22.2 Å². The van der Waals surface area contributed by atoms with Crippen LogP contribution in [0.5, 0.6) is 0 Å². The van der Waals surface area contributed by atoms with Crippen LogP contribution < -0.4 is 5.46 Å². The van der Waals surface area contributed by atoms with Crippen LogP contribution in [-0.4, -0.2) is 27.1 Å². The summed E-state index contributed by atoms with van der Waals surface area (Å²) in [7, 11) is -1.50. The molecule has 0 radical (unpaired) electrons. The van der Waals surface area contributed by atoms with Gasteiger partial charge in [-0.25, -0.2) is 18.7 Å². The zero-order valence-electron chi connectivity index (χ0n) is 18.1. The lowest BCUT2D eigenvalue weighted by Gasteiger charge is -2.03. The first-order valence-electron chi connectivity index (χ1n) is 9.79. The Morgan fingerprint density at radius 3 is 1.86 bits per heavy atom. The number of pyridine rings is 2. The summed E-state index contributed by atoms with van der Waals surface area (Å²) < 4.78 is 50.4. The summed E-state index contributed by atoms with van der Waals surface area (Å²) in [4.78, 5) is 6.21. The predicted molar refractivity (Wildman–Crippen MR) is 124 cm³/mol. The van der Waals surface area contributed by atoms with Crippen LogP contribution in [0, 0.1) is 46.2 Å². The Labute approximate surface area is 208 Å². The molecule has 36 heavy (non-hydrogen) atoms. The minimum Gasteiger partial charge on any atom is -0.423 e. The molecule has 0 aliphatic rings. The third-order valence-corrected chi connectivity index (χ3v) is 4.50. The molecule has 0 saturated carbocycles. The van der Waals surface area contributed by atoms with Gasteiger partial charge in [0.1, 0.15) is 5.82 Å². The standard InChI is InChI=1S/C12H6F2N2.C7H6BNO2.C5H2ClF2N/c13-11-7-16-12(14)5-10(11)9-3-1-2-8(4-9)6-15;9-5-6-2-1-3-7(4-6)8(10)11;6-3-1-5(8)9-2-4(3)7/h1-5,7H;1-4,10-11H;1-2H. The minimum atomic E-state index is -1.50. The number of hydrogen-bond donors (Lipinski definition) is 2. The first-order valence-corrected chi connectivity index (χ1v) is 10.2. The molecular weight excluding hydrogens is 499 g/mol. The first kappa shape index (κ1) is 28.0. The van der Waals surface area contributed by atoms with Crippen LogP contribution in [0.25, 0.3) is 11.1 Å². The van der Waals surface area contributed by atoms with Crippen molar-refractivity contribution in [3.05, 3.63) is 113 Å². The van der Waals surface area contributed by atoms with Gasteiger partial charge in [-0.05, 0) is 35.3 Å². The molecule has 6 nitrogen and oxygen atoms in total. The molecule has 180 valence electrons. The molecule has 0 aliphatic carbocycles. The van der Waals surface area contributed by atoms with Crippen LogP contribution in [0.15, 0.2) is 73.1 Å². The van der Waals surface area contributed by atoms with Crippen LogP contribution in [-0.2, 0) is 0 Å². The molecule has 4 aromatic rings. The smallest absolute Gasteiger partial charge is 0.423 e. The Morgan fingerprint density at radius 2 is 1.31 bits per heavy atom. The van der Waals surface area contributed by atoms with Gasteiger partial charge in [-0.15, -0.1) is 0 Å². The van der Waals surface area contributed by atoms with Crippen LogP contribution in [0.1, 0.15) is 11.1 Å². The van der Waals surface area contributed by atoms with Crippen molar-refractivity contribution < 1.29 is 27.6 Å². The van der Waals surface area contributed by atoms with Crippen LogP contribution in [0.4, 0.5) is 17.6 Å². The Morgan fingerprint density at radius 1 is 0.750 bits per heavy atom. The van der Waals surface area contributed by atoms with Crippen LogP contribution in [0.3, 0.4) is 0 Å². The van der Waals surface area contributed by atoms with Gasteiger partial charge in [-0.2, -0.15) is 19.3 Å². The maximum Gasteiger partial charge on any atom is 0.488 e. The molecule has 0 saturated heterocycles. The summed E-state index contributed by atoms with van der Waals surface area (Å²) in [5.41, 5.74) is 1.72. The van der Waals surface area contributed by atoms with E-state index < -0.39 is 30.6 Å². The maximum atomic E-state index is 13.4. The summed E-state index contributed by atoms with van der Waals surface area (Å²) in [6.07, 6.45) is 1.56. The lowest BCUT2D eigenvalue weighted by atomic mass is 9.80. The molecule has 2 N–H and O–H groups in total. The quantitative estimate of drug-likeness (QED) is 0.237. The molecule has 2 aromatic carbocycles. The van der Waals surface area contributed by atoms with Gasteiger partial charge in [-0.1, -0.05) is 35.9 Å². The van der Waals surface area contributed by atoms with Crippen LogP contribution in [0.2, 0.25) is 5.02 Å². The normalized spacial score (nSPS) is 9.47. The topological polar surface area (TPSA) is 114 Å². The molecule has 0 fully saturated rings. The molecular formula is C24H14BClF4N4O2. The highest BCUT2D eigenvalue weighted by atomic mass is 35.5. The van der Waals surface area contributed by atoms with Gasteiger partial charge in [-0.3, -0.25) is 0 Å². The Kier molecular flexibility index (Phi) is 10.5. The number of halogens is 5. The second kappa shape index (κ2) is 13.6. The summed E-state index contributed by atoms with van der Waals surface area (Å²) >= 11 is 5.16. The average Bonchev–Trinajstić information content (AvgIpc) is 2.88. The average molecular weight is 513 g/mol. The fourth-order valence-electron chi connectivity index (χ4n) is 2.55. The molecule has 0 atom stereocenters. The third-order valence-electron chi connectivity index (χ3n) is 4.21. The van der Waals surface area contributed by atoms with E-state index in [0.717, 1.165) is 24.5 Å². The van der Waals surface area contributed by atoms with Crippen molar-refractivity contribution in [1.29, 1.82) is 10.5 Å². The second-order valence-corrected chi connectivity index (χ2v) is 7.12. The molecule has 0 bridgehead atoms. The summed E-state index contributed by atoms with van der Waals surface area (Å²) in [5, 5.41) is 34.3.